The summed E-state index contributed by atoms with van der Waals surface area (Å²) in [5, 5.41) is 2.91. The van der Waals surface area contributed by atoms with Gasteiger partial charge >= 0.3 is 5.76 Å². The van der Waals surface area contributed by atoms with E-state index in [-0.39, 0.29) is 17.6 Å². The topological polar surface area (TPSA) is 67.5 Å². The Morgan fingerprint density at radius 2 is 2.05 bits per heavy atom. The number of para-hydroxylation sites is 2. The molecule has 6 heteroatoms. The number of rotatable bonds is 3. The summed E-state index contributed by atoms with van der Waals surface area (Å²) in [5.41, 5.74) is 1.46. The minimum atomic E-state index is -0.312. The molecule has 1 amide bonds. The third-order valence-corrected chi connectivity index (χ3v) is 4.61. The number of fused-ring (bicyclic) bond motifs is 2. The molecular formula is C15H17N3O3. The molecule has 2 saturated heterocycles. The molecule has 6 nitrogen and oxygen atoms in total. The summed E-state index contributed by atoms with van der Waals surface area (Å²) in [6, 6.07) is 7.46. The van der Waals surface area contributed by atoms with E-state index in [1.54, 1.807) is 10.6 Å². The van der Waals surface area contributed by atoms with Gasteiger partial charge in [-0.2, -0.15) is 0 Å². The summed E-state index contributed by atoms with van der Waals surface area (Å²) in [5.74, 6) is 0.417. The van der Waals surface area contributed by atoms with E-state index in [9.17, 15) is 9.59 Å². The Kier molecular flexibility index (Phi) is 2.85. The molecule has 1 aromatic carbocycles. The van der Waals surface area contributed by atoms with Crippen LogP contribution in [0.15, 0.2) is 33.5 Å². The average molecular weight is 287 g/mol. The highest BCUT2D eigenvalue weighted by molar-refractivity contribution is 5.81. The number of hydrogen-bond acceptors (Lipinski definition) is 4. The maximum Gasteiger partial charge on any atom is 0.419 e. The molecule has 1 N–H and O–H groups in total. The van der Waals surface area contributed by atoms with Crippen LogP contribution >= 0.6 is 0 Å². The second-order valence-electron chi connectivity index (χ2n) is 5.86. The highest BCUT2D eigenvalue weighted by Crippen LogP contribution is 2.27. The second-order valence-corrected chi connectivity index (χ2v) is 5.86. The Morgan fingerprint density at radius 3 is 2.90 bits per heavy atom. The SMILES string of the molecule is O=C1NC[C@H]2CN(CCn3c(=O)oc4ccccc43)C[C@@H]12. The van der Waals surface area contributed by atoms with Crippen molar-refractivity contribution in [3.63, 3.8) is 0 Å². The van der Waals surface area contributed by atoms with Gasteiger partial charge in [-0.25, -0.2) is 4.79 Å². The van der Waals surface area contributed by atoms with Gasteiger partial charge in [-0.3, -0.25) is 9.36 Å². The molecule has 0 unspecified atom stereocenters. The Labute approximate surface area is 121 Å². The van der Waals surface area contributed by atoms with Crippen molar-refractivity contribution in [3.05, 3.63) is 34.8 Å². The normalized spacial score (nSPS) is 25.4. The van der Waals surface area contributed by atoms with E-state index in [0.29, 0.717) is 18.0 Å². The van der Waals surface area contributed by atoms with Crippen molar-refractivity contribution in [1.82, 2.24) is 14.8 Å². The molecule has 1 aromatic heterocycles. The summed E-state index contributed by atoms with van der Waals surface area (Å²) in [6.07, 6.45) is 0. The third-order valence-electron chi connectivity index (χ3n) is 4.61. The van der Waals surface area contributed by atoms with E-state index in [2.05, 4.69) is 10.2 Å². The molecule has 2 aliphatic heterocycles. The first-order chi connectivity index (χ1) is 10.2. The summed E-state index contributed by atoms with van der Waals surface area (Å²) in [6.45, 7) is 3.87. The Balaban J connectivity index is 1.48. The highest BCUT2D eigenvalue weighted by Gasteiger charge is 2.41. The van der Waals surface area contributed by atoms with Gasteiger partial charge in [-0.1, -0.05) is 12.1 Å². The van der Waals surface area contributed by atoms with Crippen molar-refractivity contribution in [2.24, 2.45) is 11.8 Å². The van der Waals surface area contributed by atoms with Gasteiger partial charge in [-0.05, 0) is 12.1 Å². The minimum absolute atomic E-state index is 0.128. The van der Waals surface area contributed by atoms with Gasteiger partial charge in [0.05, 0.1) is 11.4 Å². The summed E-state index contributed by atoms with van der Waals surface area (Å²) >= 11 is 0. The van der Waals surface area contributed by atoms with E-state index < -0.39 is 0 Å². The van der Waals surface area contributed by atoms with Crippen molar-refractivity contribution in [2.45, 2.75) is 6.54 Å². The number of oxazole rings is 1. The Bertz CT molecular complexity index is 748. The fraction of sp³-hybridized carbons (Fsp3) is 0.467. The summed E-state index contributed by atoms with van der Waals surface area (Å²) in [4.78, 5) is 25.8. The van der Waals surface area contributed by atoms with Crippen LogP contribution in [0.1, 0.15) is 0 Å². The van der Waals surface area contributed by atoms with Crippen LogP contribution in [-0.4, -0.2) is 41.6 Å². The molecule has 21 heavy (non-hydrogen) atoms. The molecule has 0 saturated carbocycles. The first-order valence-corrected chi connectivity index (χ1v) is 7.31. The maximum absolute atomic E-state index is 11.9. The lowest BCUT2D eigenvalue weighted by Gasteiger charge is -2.16. The third kappa shape index (κ3) is 2.06. The molecule has 0 aliphatic carbocycles. The molecule has 110 valence electrons. The van der Waals surface area contributed by atoms with Gasteiger partial charge in [0.15, 0.2) is 5.58 Å². The fourth-order valence-electron chi connectivity index (χ4n) is 3.48. The van der Waals surface area contributed by atoms with Crippen molar-refractivity contribution in [3.8, 4) is 0 Å². The molecule has 0 bridgehead atoms. The predicted molar refractivity (Wildman–Crippen MR) is 76.9 cm³/mol. The Hall–Kier alpha value is -2.08. The molecule has 0 radical (unpaired) electrons. The van der Waals surface area contributed by atoms with Crippen LogP contribution in [0.4, 0.5) is 0 Å². The van der Waals surface area contributed by atoms with Crippen LogP contribution in [0, 0.1) is 11.8 Å². The zero-order valence-electron chi connectivity index (χ0n) is 11.6. The quantitative estimate of drug-likeness (QED) is 0.880. The summed E-state index contributed by atoms with van der Waals surface area (Å²) < 4.78 is 6.90. The molecular weight excluding hydrogens is 270 g/mol. The number of nitrogens with one attached hydrogen (secondary N) is 1. The predicted octanol–water partition coefficient (Wildman–Crippen LogP) is 0.272. The van der Waals surface area contributed by atoms with Crippen LogP contribution in [0.5, 0.6) is 0 Å². The van der Waals surface area contributed by atoms with Gasteiger partial charge in [0.25, 0.3) is 0 Å². The van der Waals surface area contributed by atoms with Gasteiger partial charge in [0.2, 0.25) is 5.91 Å². The molecule has 2 aromatic rings. The number of carbonyl (C=O) groups is 1. The molecule has 2 atom stereocenters. The van der Waals surface area contributed by atoms with Crippen molar-refractivity contribution in [2.75, 3.05) is 26.2 Å². The fourth-order valence-corrected chi connectivity index (χ4v) is 3.48. The average Bonchev–Trinajstić information content (AvgIpc) is 3.11. The lowest BCUT2D eigenvalue weighted by Crippen LogP contribution is -2.32. The van der Waals surface area contributed by atoms with E-state index in [1.165, 1.54) is 0 Å². The second kappa shape index (κ2) is 4.73. The first kappa shape index (κ1) is 12.6. The van der Waals surface area contributed by atoms with E-state index in [1.807, 2.05) is 18.2 Å². The number of likely N-dealkylation sites (tertiary alicyclic amines) is 1. The largest absolute Gasteiger partial charge is 0.419 e. The van der Waals surface area contributed by atoms with Gasteiger partial charge in [-0.15, -0.1) is 0 Å². The van der Waals surface area contributed by atoms with Crippen LogP contribution in [0.25, 0.3) is 11.1 Å². The molecule has 2 aliphatic rings. The Morgan fingerprint density at radius 1 is 1.19 bits per heavy atom. The zero-order valence-corrected chi connectivity index (χ0v) is 11.6. The standard InChI is InChI=1S/C15H17N3O3/c19-14-11-9-17(8-10(11)7-16-14)5-6-18-12-3-1-2-4-13(12)21-15(18)20/h1-4,10-11H,5-9H2,(H,16,19)/t10-,11+/m0/s1. The van der Waals surface area contributed by atoms with Gasteiger partial charge < -0.3 is 14.6 Å². The number of carbonyl (C=O) groups excluding carboxylic acids is 1. The highest BCUT2D eigenvalue weighted by atomic mass is 16.4. The minimum Gasteiger partial charge on any atom is -0.408 e. The zero-order chi connectivity index (χ0) is 14.4. The monoisotopic (exact) mass is 287 g/mol. The number of aromatic nitrogens is 1. The van der Waals surface area contributed by atoms with Crippen LogP contribution in [0.3, 0.4) is 0 Å². The van der Waals surface area contributed by atoms with Crippen LogP contribution < -0.4 is 11.1 Å². The molecule has 4 rings (SSSR count). The number of hydrogen-bond donors (Lipinski definition) is 1. The number of benzene rings is 1. The number of amides is 1. The van der Waals surface area contributed by atoms with Crippen molar-refractivity contribution < 1.29 is 9.21 Å². The van der Waals surface area contributed by atoms with Crippen LogP contribution in [-0.2, 0) is 11.3 Å². The van der Waals surface area contributed by atoms with E-state index in [0.717, 1.165) is 31.7 Å². The molecule has 3 heterocycles. The molecule has 0 spiro atoms. The summed E-state index contributed by atoms with van der Waals surface area (Å²) in [7, 11) is 0. The molecule has 2 fully saturated rings. The first-order valence-electron chi connectivity index (χ1n) is 7.31. The smallest absolute Gasteiger partial charge is 0.408 e. The lowest BCUT2D eigenvalue weighted by molar-refractivity contribution is -0.122. The lowest BCUT2D eigenvalue weighted by atomic mass is 10.0. The van der Waals surface area contributed by atoms with E-state index >= 15 is 0 Å². The maximum atomic E-state index is 11.9. The van der Waals surface area contributed by atoms with Gasteiger partial charge in [0.1, 0.15) is 0 Å². The van der Waals surface area contributed by atoms with Crippen molar-refractivity contribution in [1.29, 1.82) is 0 Å². The number of nitrogens with zero attached hydrogens (tertiary/aromatic N) is 2. The van der Waals surface area contributed by atoms with E-state index in [4.69, 9.17) is 4.42 Å². The van der Waals surface area contributed by atoms with Crippen LogP contribution in [0.2, 0.25) is 0 Å². The van der Waals surface area contributed by atoms with Crippen molar-refractivity contribution >= 4 is 17.0 Å². The van der Waals surface area contributed by atoms with Gasteiger partial charge in [0, 0.05) is 38.6 Å².